The van der Waals surface area contributed by atoms with Crippen molar-refractivity contribution in [3.63, 3.8) is 0 Å². The van der Waals surface area contributed by atoms with Crippen LogP contribution in [0, 0.1) is 11.3 Å². The third-order valence-corrected chi connectivity index (χ3v) is 4.62. The van der Waals surface area contributed by atoms with E-state index in [1.54, 1.807) is 24.3 Å². The lowest BCUT2D eigenvalue weighted by molar-refractivity contribution is -0.120. The summed E-state index contributed by atoms with van der Waals surface area (Å²) < 4.78 is 0. The van der Waals surface area contributed by atoms with Gasteiger partial charge in [-0.25, -0.2) is 0 Å². The maximum absolute atomic E-state index is 12.4. The molecule has 3 rings (SSSR count). The molecule has 0 radical (unpaired) electrons. The normalized spacial score (nSPS) is 13.1. The molecule has 0 aromatic heterocycles. The summed E-state index contributed by atoms with van der Waals surface area (Å²) in [7, 11) is 0. The number of nitrogens with one attached hydrogen (secondary N) is 1. The van der Waals surface area contributed by atoms with Crippen LogP contribution in [-0.4, -0.2) is 31.4 Å². The van der Waals surface area contributed by atoms with E-state index in [4.69, 9.17) is 0 Å². The molecule has 1 aliphatic heterocycles. The zero-order valence-electron chi connectivity index (χ0n) is 15.3. The largest absolute Gasteiger partial charge is 0.372 e. The Kier molecular flexibility index (Phi) is 5.72. The minimum absolute atomic E-state index is 0.151. The molecule has 2 amide bonds. The standard InChI is InChI=1S/C21H22N4O2/c1-16(26)25(20-7-3-2-6-17(20)14-22)15-21(27)23-18-8-10-19(11-9-18)24-12-4-5-13-24/h2-3,6-11H,4-5,12-13,15H2,1H3,(H,23,27). The van der Waals surface area contributed by atoms with Crippen LogP contribution in [-0.2, 0) is 9.59 Å². The first-order valence-corrected chi connectivity index (χ1v) is 9.00. The van der Waals surface area contributed by atoms with Crippen LogP contribution in [0.25, 0.3) is 0 Å². The summed E-state index contributed by atoms with van der Waals surface area (Å²) >= 11 is 0. The molecule has 0 aliphatic carbocycles. The van der Waals surface area contributed by atoms with E-state index in [1.807, 2.05) is 24.3 Å². The molecule has 0 saturated carbocycles. The number of benzene rings is 2. The number of hydrogen-bond donors (Lipinski definition) is 1. The highest BCUT2D eigenvalue weighted by atomic mass is 16.2. The number of anilines is 3. The molecule has 1 N–H and O–H groups in total. The highest BCUT2D eigenvalue weighted by Crippen LogP contribution is 2.23. The van der Waals surface area contributed by atoms with Crippen LogP contribution >= 0.6 is 0 Å². The van der Waals surface area contributed by atoms with Crippen molar-refractivity contribution in [1.29, 1.82) is 5.26 Å². The zero-order chi connectivity index (χ0) is 19.2. The summed E-state index contributed by atoms with van der Waals surface area (Å²) in [5.41, 5.74) is 2.63. The number of amides is 2. The van der Waals surface area contributed by atoms with Gasteiger partial charge in [-0.2, -0.15) is 5.26 Å². The molecule has 0 bridgehead atoms. The Morgan fingerprint density at radius 3 is 2.41 bits per heavy atom. The van der Waals surface area contributed by atoms with E-state index in [0.29, 0.717) is 16.9 Å². The van der Waals surface area contributed by atoms with Gasteiger partial charge in [-0.3, -0.25) is 9.59 Å². The lowest BCUT2D eigenvalue weighted by Crippen LogP contribution is -2.37. The summed E-state index contributed by atoms with van der Waals surface area (Å²) in [5, 5.41) is 12.1. The van der Waals surface area contributed by atoms with E-state index in [2.05, 4.69) is 16.3 Å². The number of nitriles is 1. The number of hydrogen-bond acceptors (Lipinski definition) is 4. The summed E-state index contributed by atoms with van der Waals surface area (Å²) in [5.74, 6) is -0.607. The second-order valence-corrected chi connectivity index (χ2v) is 6.52. The van der Waals surface area contributed by atoms with Gasteiger partial charge in [-0.15, -0.1) is 0 Å². The van der Waals surface area contributed by atoms with Crippen LogP contribution in [0.5, 0.6) is 0 Å². The highest BCUT2D eigenvalue weighted by Gasteiger charge is 2.19. The average molecular weight is 362 g/mol. The highest BCUT2D eigenvalue weighted by molar-refractivity contribution is 6.02. The van der Waals surface area contributed by atoms with Gasteiger partial charge in [-0.1, -0.05) is 12.1 Å². The third-order valence-electron chi connectivity index (χ3n) is 4.62. The summed E-state index contributed by atoms with van der Waals surface area (Å²) in [6.45, 7) is 3.36. The van der Waals surface area contributed by atoms with Crippen LogP contribution in [0.15, 0.2) is 48.5 Å². The fourth-order valence-corrected chi connectivity index (χ4v) is 3.24. The lowest BCUT2D eigenvalue weighted by atomic mass is 10.1. The van der Waals surface area contributed by atoms with Crippen LogP contribution in [0.3, 0.4) is 0 Å². The lowest BCUT2D eigenvalue weighted by Gasteiger charge is -2.22. The first-order chi connectivity index (χ1) is 13.1. The van der Waals surface area contributed by atoms with Crippen LogP contribution in [0.2, 0.25) is 0 Å². The molecule has 27 heavy (non-hydrogen) atoms. The Balaban J connectivity index is 1.68. The second-order valence-electron chi connectivity index (χ2n) is 6.52. The predicted molar refractivity (Wildman–Crippen MR) is 106 cm³/mol. The molecular weight excluding hydrogens is 340 g/mol. The van der Waals surface area contributed by atoms with Crippen molar-refractivity contribution in [2.45, 2.75) is 19.8 Å². The van der Waals surface area contributed by atoms with Crippen molar-refractivity contribution in [3.05, 3.63) is 54.1 Å². The van der Waals surface area contributed by atoms with Gasteiger partial charge < -0.3 is 15.1 Å². The molecule has 6 nitrogen and oxygen atoms in total. The molecule has 1 fully saturated rings. The van der Waals surface area contributed by atoms with Gasteiger partial charge in [-0.05, 0) is 49.2 Å². The Hall–Kier alpha value is -3.33. The topological polar surface area (TPSA) is 76.4 Å². The molecule has 1 saturated heterocycles. The molecule has 0 spiro atoms. The van der Waals surface area contributed by atoms with E-state index < -0.39 is 0 Å². The number of carbonyl (C=O) groups excluding carboxylic acids is 2. The Labute approximate surface area is 159 Å². The molecule has 1 aliphatic rings. The van der Waals surface area contributed by atoms with Crippen LogP contribution in [0.4, 0.5) is 17.1 Å². The van der Waals surface area contributed by atoms with Gasteiger partial charge in [0.25, 0.3) is 0 Å². The third kappa shape index (κ3) is 4.45. The Bertz CT molecular complexity index is 864. The van der Waals surface area contributed by atoms with Gasteiger partial charge in [0.2, 0.25) is 11.8 Å². The van der Waals surface area contributed by atoms with Crippen LogP contribution < -0.4 is 15.1 Å². The molecule has 138 valence electrons. The van der Waals surface area contributed by atoms with Gasteiger partial charge in [0, 0.05) is 31.4 Å². The van der Waals surface area contributed by atoms with Crippen molar-refractivity contribution < 1.29 is 9.59 Å². The van der Waals surface area contributed by atoms with Gasteiger partial charge in [0.1, 0.15) is 12.6 Å². The molecule has 0 unspecified atom stereocenters. The zero-order valence-corrected chi connectivity index (χ0v) is 15.3. The number of nitrogens with zero attached hydrogens (tertiary/aromatic N) is 3. The number of carbonyl (C=O) groups is 2. The second kappa shape index (κ2) is 8.37. The minimum atomic E-state index is -0.313. The fourth-order valence-electron chi connectivity index (χ4n) is 3.24. The van der Waals surface area contributed by atoms with Crippen molar-refractivity contribution in [2.24, 2.45) is 0 Å². The van der Waals surface area contributed by atoms with Gasteiger partial charge in [0.15, 0.2) is 0 Å². The molecule has 0 atom stereocenters. The van der Waals surface area contributed by atoms with E-state index in [1.165, 1.54) is 24.7 Å². The SMILES string of the molecule is CC(=O)N(CC(=O)Nc1ccc(N2CCCC2)cc1)c1ccccc1C#N. The number of rotatable bonds is 5. The summed E-state index contributed by atoms with van der Waals surface area (Å²) in [4.78, 5) is 28.1. The van der Waals surface area contributed by atoms with E-state index in [0.717, 1.165) is 18.8 Å². The Morgan fingerprint density at radius 1 is 1.11 bits per heavy atom. The van der Waals surface area contributed by atoms with Gasteiger partial charge >= 0.3 is 0 Å². The van der Waals surface area contributed by atoms with Crippen molar-refractivity contribution in [2.75, 3.05) is 34.8 Å². The molecular formula is C21H22N4O2. The monoisotopic (exact) mass is 362 g/mol. The average Bonchev–Trinajstić information content (AvgIpc) is 3.21. The van der Waals surface area contributed by atoms with Crippen molar-refractivity contribution in [3.8, 4) is 6.07 Å². The molecule has 2 aromatic rings. The Morgan fingerprint density at radius 2 is 1.78 bits per heavy atom. The maximum atomic E-state index is 12.4. The van der Waals surface area contributed by atoms with Gasteiger partial charge in [0.05, 0.1) is 11.3 Å². The fraction of sp³-hybridized carbons (Fsp3) is 0.286. The molecule has 1 heterocycles. The summed E-state index contributed by atoms with van der Waals surface area (Å²) in [6, 6.07) is 16.5. The summed E-state index contributed by atoms with van der Waals surface area (Å²) in [6.07, 6.45) is 2.42. The van der Waals surface area contributed by atoms with E-state index in [-0.39, 0.29) is 18.4 Å². The molecule has 2 aromatic carbocycles. The van der Waals surface area contributed by atoms with E-state index >= 15 is 0 Å². The maximum Gasteiger partial charge on any atom is 0.244 e. The van der Waals surface area contributed by atoms with Crippen molar-refractivity contribution in [1.82, 2.24) is 0 Å². The smallest absolute Gasteiger partial charge is 0.244 e. The minimum Gasteiger partial charge on any atom is -0.372 e. The predicted octanol–water partition coefficient (Wildman–Crippen LogP) is 3.15. The van der Waals surface area contributed by atoms with Crippen LogP contribution in [0.1, 0.15) is 25.3 Å². The quantitative estimate of drug-likeness (QED) is 0.886. The molecule has 6 heteroatoms. The number of para-hydroxylation sites is 1. The first-order valence-electron chi connectivity index (χ1n) is 9.00. The van der Waals surface area contributed by atoms with E-state index in [9.17, 15) is 14.9 Å². The van der Waals surface area contributed by atoms with Crippen molar-refractivity contribution >= 4 is 28.9 Å². The first kappa shape index (κ1) is 18.5.